The van der Waals surface area contributed by atoms with E-state index in [0.717, 1.165) is 12.5 Å². The van der Waals surface area contributed by atoms with Gasteiger partial charge in [-0.1, -0.05) is 17.7 Å². The first-order valence-electron chi connectivity index (χ1n) is 10.4. The van der Waals surface area contributed by atoms with E-state index in [1.165, 1.54) is 24.3 Å². The van der Waals surface area contributed by atoms with Crippen LogP contribution in [0.25, 0.3) is 11.5 Å². The van der Waals surface area contributed by atoms with Gasteiger partial charge in [-0.3, -0.25) is 4.79 Å². The maximum Gasteiger partial charge on any atom is 0.417 e. The Labute approximate surface area is 191 Å². The molecular weight excluding hydrogens is 462 g/mol. The SMILES string of the molecule is Cc1nc(-c2nnc3n2C[C@H]2CCC[C@@H]3N2C(=O)c2cccc(C(F)(F)F)c2Cl)ccc1F. The standard InChI is InChI=1S/C22H18ClF4N5O/c1-11-15(24)8-9-16(28-11)19-29-30-20-17-7-2-4-12(10-31(19)20)32(17)21(33)13-5-3-6-14(18(13)23)22(25,26)27/h3,5-6,8-9,12,17H,2,4,7,10H2,1H3/t12-,17+/m1/s1. The number of amides is 1. The Morgan fingerprint density at radius 3 is 2.67 bits per heavy atom. The molecule has 1 fully saturated rings. The van der Waals surface area contributed by atoms with E-state index in [-0.39, 0.29) is 17.3 Å². The molecule has 3 aromatic rings. The average molecular weight is 480 g/mol. The number of hydrogen-bond donors (Lipinski definition) is 0. The second-order valence-corrected chi connectivity index (χ2v) is 8.61. The third-order valence-electron chi connectivity index (χ3n) is 6.23. The molecule has 2 aliphatic heterocycles. The molecule has 11 heteroatoms. The highest BCUT2D eigenvalue weighted by Crippen LogP contribution is 2.42. The number of aromatic nitrogens is 4. The summed E-state index contributed by atoms with van der Waals surface area (Å²) in [6, 6.07) is 5.46. The lowest BCUT2D eigenvalue weighted by Crippen LogP contribution is -2.52. The number of nitrogens with zero attached hydrogens (tertiary/aromatic N) is 5. The molecule has 4 heterocycles. The van der Waals surface area contributed by atoms with Crippen LogP contribution in [0.4, 0.5) is 17.6 Å². The van der Waals surface area contributed by atoms with Crippen LogP contribution in [0.15, 0.2) is 30.3 Å². The number of benzene rings is 1. The summed E-state index contributed by atoms with van der Waals surface area (Å²) in [5.41, 5.74) is -0.531. The molecule has 1 aromatic carbocycles. The fourth-order valence-corrected chi connectivity index (χ4v) is 5.00. The summed E-state index contributed by atoms with van der Waals surface area (Å²) in [6.07, 6.45) is -2.56. The van der Waals surface area contributed by atoms with E-state index in [4.69, 9.17) is 11.6 Å². The van der Waals surface area contributed by atoms with E-state index in [1.807, 2.05) is 4.57 Å². The fourth-order valence-electron chi connectivity index (χ4n) is 4.69. The van der Waals surface area contributed by atoms with E-state index in [9.17, 15) is 22.4 Å². The second kappa shape index (κ2) is 7.79. The van der Waals surface area contributed by atoms with Crippen LogP contribution in [0.2, 0.25) is 5.02 Å². The second-order valence-electron chi connectivity index (χ2n) is 8.23. The Morgan fingerprint density at radius 1 is 1.15 bits per heavy atom. The topological polar surface area (TPSA) is 63.9 Å². The predicted octanol–water partition coefficient (Wildman–Crippen LogP) is 5.21. The molecule has 0 saturated carbocycles. The first kappa shape index (κ1) is 21.8. The Kier molecular flexibility index (Phi) is 5.15. The number of hydrogen-bond acceptors (Lipinski definition) is 4. The van der Waals surface area contributed by atoms with Crippen molar-refractivity contribution in [3.05, 3.63) is 63.8 Å². The van der Waals surface area contributed by atoms with Crippen molar-refractivity contribution in [3.8, 4) is 11.5 Å². The first-order valence-corrected chi connectivity index (χ1v) is 10.8. The van der Waals surface area contributed by atoms with Gasteiger partial charge in [0.2, 0.25) is 0 Å². The molecule has 172 valence electrons. The van der Waals surface area contributed by atoms with Gasteiger partial charge >= 0.3 is 6.18 Å². The van der Waals surface area contributed by atoms with Gasteiger partial charge in [0.05, 0.1) is 33.9 Å². The van der Waals surface area contributed by atoms with Crippen LogP contribution in [-0.2, 0) is 12.7 Å². The highest BCUT2D eigenvalue weighted by molar-refractivity contribution is 6.34. The third kappa shape index (κ3) is 3.56. The summed E-state index contributed by atoms with van der Waals surface area (Å²) in [7, 11) is 0. The van der Waals surface area contributed by atoms with Gasteiger partial charge < -0.3 is 9.47 Å². The molecule has 6 nitrogen and oxygen atoms in total. The van der Waals surface area contributed by atoms with E-state index in [0.29, 0.717) is 36.7 Å². The van der Waals surface area contributed by atoms with Gasteiger partial charge in [0.15, 0.2) is 11.6 Å². The van der Waals surface area contributed by atoms with E-state index >= 15 is 0 Å². The number of piperidine rings is 1. The minimum atomic E-state index is -4.67. The molecule has 5 rings (SSSR count). The van der Waals surface area contributed by atoms with Crippen LogP contribution in [0, 0.1) is 12.7 Å². The van der Waals surface area contributed by atoms with Gasteiger partial charge in [-0.2, -0.15) is 13.2 Å². The monoisotopic (exact) mass is 479 g/mol. The summed E-state index contributed by atoms with van der Waals surface area (Å²) in [4.78, 5) is 19.3. The van der Waals surface area contributed by atoms with Gasteiger partial charge in [-0.25, -0.2) is 9.37 Å². The van der Waals surface area contributed by atoms with Crippen molar-refractivity contribution in [2.24, 2.45) is 0 Å². The smallest absolute Gasteiger partial charge is 0.324 e. The lowest BCUT2D eigenvalue weighted by molar-refractivity contribution is -0.137. The summed E-state index contributed by atoms with van der Waals surface area (Å²) in [5, 5.41) is 7.92. The average Bonchev–Trinajstić information content (AvgIpc) is 3.17. The van der Waals surface area contributed by atoms with Crippen molar-refractivity contribution in [1.29, 1.82) is 0 Å². The van der Waals surface area contributed by atoms with E-state index < -0.39 is 34.5 Å². The molecular formula is C22H18ClF4N5O. The van der Waals surface area contributed by atoms with Gasteiger partial charge in [0.1, 0.15) is 11.5 Å². The van der Waals surface area contributed by atoms with Crippen LogP contribution in [0.3, 0.4) is 0 Å². The van der Waals surface area contributed by atoms with Crippen molar-refractivity contribution in [1.82, 2.24) is 24.6 Å². The highest BCUT2D eigenvalue weighted by Gasteiger charge is 2.44. The predicted molar refractivity (Wildman–Crippen MR) is 111 cm³/mol. The number of carbonyl (C=O) groups excluding carboxylic acids is 1. The summed E-state index contributed by atoms with van der Waals surface area (Å²) in [6.45, 7) is 1.91. The molecule has 0 aliphatic carbocycles. The minimum absolute atomic E-state index is 0.188. The number of halogens is 5. The Morgan fingerprint density at radius 2 is 1.94 bits per heavy atom. The van der Waals surface area contributed by atoms with Gasteiger partial charge in [-0.15, -0.1) is 10.2 Å². The number of rotatable bonds is 2. The van der Waals surface area contributed by atoms with Crippen LogP contribution < -0.4 is 0 Å². The third-order valence-corrected chi connectivity index (χ3v) is 6.64. The first-order chi connectivity index (χ1) is 15.7. The summed E-state index contributed by atoms with van der Waals surface area (Å²) >= 11 is 6.04. The molecule has 2 aliphatic rings. The van der Waals surface area contributed by atoms with E-state index in [1.54, 1.807) is 11.8 Å². The minimum Gasteiger partial charge on any atom is -0.324 e. The Bertz CT molecular complexity index is 1260. The molecule has 0 N–H and O–H groups in total. The molecule has 0 unspecified atom stereocenters. The van der Waals surface area contributed by atoms with Crippen LogP contribution >= 0.6 is 11.6 Å². The summed E-state index contributed by atoms with van der Waals surface area (Å²) in [5.74, 6) is 0.00599. The highest BCUT2D eigenvalue weighted by atomic mass is 35.5. The lowest BCUT2D eigenvalue weighted by Gasteiger charge is -2.45. The number of alkyl halides is 3. The fraction of sp³-hybridized carbons (Fsp3) is 0.364. The zero-order chi connectivity index (χ0) is 23.5. The molecule has 2 aromatic heterocycles. The zero-order valence-corrected chi connectivity index (χ0v) is 18.2. The molecule has 1 saturated heterocycles. The lowest BCUT2D eigenvalue weighted by atomic mass is 9.90. The van der Waals surface area contributed by atoms with Gasteiger partial charge in [0, 0.05) is 6.54 Å². The molecule has 33 heavy (non-hydrogen) atoms. The molecule has 0 radical (unpaired) electrons. The van der Waals surface area contributed by atoms with E-state index in [2.05, 4.69) is 15.2 Å². The van der Waals surface area contributed by atoms with Crippen LogP contribution in [-0.4, -0.2) is 36.6 Å². The quantitative estimate of drug-likeness (QED) is 0.473. The molecule has 0 spiro atoms. The van der Waals surface area contributed by atoms with Gasteiger partial charge in [0.25, 0.3) is 5.91 Å². The normalized spacial score (nSPS) is 20.0. The Balaban J connectivity index is 1.54. The number of pyridine rings is 1. The van der Waals surface area contributed by atoms with Crippen molar-refractivity contribution in [2.45, 2.75) is 51.0 Å². The van der Waals surface area contributed by atoms with Crippen molar-refractivity contribution >= 4 is 17.5 Å². The van der Waals surface area contributed by atoms with Gasteiger partial charge in [-0.05, 0) is 50.5 Å². The molecule has 2 bridgehead atoms. The van der Waals surface area contributed by atoms with Crippen molar-refractivity contribution in [3.63, 3.8) is 0 Å². The largest absolute Gasteiger partial charge is 0.417 e. The number of fused-ring (bicyclic) bond motifs is 4. The maximum absolute atomic E-state index is 13.7. The van der Waals surface area contributed by atoms with Crippen molar-refractivity contribution < 1.29 is 22.4 Å². The molecule has 2 atom stereocenters. The summed E-state index contributed by atoms with van der Waals surface area (Å²) < 4.78 is 55.5. The maximum atomic E-state index is 13.7. The van der Waals surface area contributed by atoms with Crippen LogP contribution in [0.1, 0.15) is 52.7 Å². The van der Waals surface area contributed by atoms with Crippen LogP contribution in [0.5, 0.6) is 0 Å². The Hall–Kier alpha value is -3.01. The zero-order valence-electron chi connectivity index (χ0n) is 17.4. The van der Waals surface area contributed by atoms with Crippen molar-refractivity contribution in [2.75, 3.05) is 0 Å². The number of carbonyl (C=O) groups is 1. The molecule has 1 amide bonds. The number of aryl methyl sites for hydroxylation is 1.